The highest BCUT2D eigenvalue weighted by atomic mass is 35.5. The molecule has 0 spiro atoms. The van der Waals surface area contributed by atoms with Crippen LogP contribution >= 0.6 is 24.2 Å². The molecule has 2 fully saturated rings. The van der Waals surface area contributed by atoms with Gasteiger partial charge in [-0.05, 0) is 12.8 Å². The summed E-state index contributed by atoms with van der Waals surface area (Å²) in [5.41, 5.74) is 2.90. The maximum absolute atomic E-state index is 13.0. The number of rotatable bonds is 1. The molecule has 2 N–H and O–H groups in total. The number of thioether (sulfide) groups is 1. The molecule has 22 heavy (non-hydrogen) atoms. The first-order valence-corrected chi connectivity index (χ1v) is 9.09. The minimum atomic E-state index is 0. The van der Waals surface area contributed by atoms with E-state index in [0.29, 0.717) is 17.0 Å². The van der Waals surface area contributed by atoms with Gasteiger partial charge in [0.05, 0.1) is 0 Å². The Hall–Kier alpha value is -0.720. The van der Waals surface area contributed by atoms with E-state index in [0.717, 1.165) is 49.5 Å². The molecule has 3 aliphatic rings. The van der Waals surface area contributed by atoms with Crippen molar-refractivity contribution in [2.24, 2.45) is 0 Å². The van der Waals surface area contributed by atoms with Crippen molar-refractivity contribution in [2.45, 2.75) is 49.9 Å². The molecule has 4 rings (SSSR count). The molecular formula is C15H23ClN4OS. The van der Waals surface area contributed by atoms with Gasteiger partial charge in [0, 0.05) is 54.4 Å². The zero-order valence-corrected chi connectivity index (χ0v) is 14.3. The zero-order valence-electron chi connectivity index (χ0n) is 12.6. The summed E-state index contributed by atoms with van der Waals surface area (Å²) in [6.07, 6.45) is 5.94. The summed E-state index contributed by atoms with van der Waals surface area (Å²) in [4.78, 5) is 15.1. The molecule has 2 unspecified atom stereocenters. The lowest BCUT2D eigenvalue weighted by molar-refractivity contribution is 0.0639. The summed E-state index contributed by atoms with van der Waals surface area (Å²) in [5, 5.41) is 11.4. The standard InChI is InChI=1S/C15H22N4OS.ClH/c20-15(14-10-9-16-6-5-11(10)17-18-14)19-7-8-21-13-4-2-1-3-12(13)19;/h12-13,16H,1-9H2,(H,17,18);1H. The monoisotopic (exact) mass is 342 g/mol. The second-order valence-electron chi connectivity index (χ2n) is 6.22. The molecule has 3 heterocycles. The van der Waals surface area contributed by atoms with Crippen LogP contribution in [0.1, 0.15) is 47.4 Å². The average molecular weight is 343 g/mol. The van der Waals surface area contributed by atoms with E-state index < -0.39 is 0 Å². The maximum atomic E-state index is 13.0. The van der Waals surface area contributed by atoms with Gasteiger partial charge in [-0.15, -0.1) is 12.4 Å². The average Bonchev–Trinajstić information content (AvgIpc) is 2.98. The molecule has 1 aromatic rings. The summed E-state index contributed by atoms with van der Waals surface area (Å²) in [5.74, 6) is 1.21. The van der Waals surface area contributed by atoms with E-state index in [2.05, 4.69) is 32.2 Å². The van der Waals surface area contributed by atoms with Crippen LogP contribution in [-0.2, 0) is 13.0 Å². The van der Waals surface area contributed by atoms with Gasteiger partial charge in [0.2, 0.25) is 0 Å². The molecular weight excluding hydrogens is 320 g/mol. The Bertz CT molecular complexity index is 548. The summed E-state index contributed by atoms with van der Waals surface area (Å²) in [7, 11) is 0. The van der Waals surface area contributed by atoms with E-state index in [1.807, 2.05) is 0 Å². The molecule has 1 aliphatic carbocycles. The fourth-order valence-corrected chi connectivity index (χ4v) is 5.33. The number of nitrogens with one attached hydrogen (secondary N) is 2. The van der Waals surface area contributed by atoms with Crippen LogP contribution in [0.5, 0.6) is 0 Å². The van der Waals surface area contributed by atoms with E-state index in [4.69, 9.17) is 0 Å². The summed E-state index contributed by atoms with van der Waals surface area (Å²) in [6, 6.07) is 0.425. The minimum absolute atomic E-state index is 0. The molecule has 2 aliphatic heterocycles. The van der Waals surface area contributed by atoms with Crippen LogP contribution < -0.4 is 5.32 Å². The molecule has 122 valence electrons. The third-order valence-electron chi connectivity index (χ3n) is 5.00. The fourth-order valence-electron chi connectivity index (χ4n) is 3.89. The zero-order chi connectivity index (χ0) is 14.2. The summed E-state index contributed by atoms with van der Waals surface area (Å²) in [6.45, 7) is 2.61. The van der Waals surface area contributed by atoms with Crippen LogP contribution in [0.4, 0.5) is 0 Å². The highest BCUT2D eigenvalue weighted by Crippen LogP contribution is 2.36. The van der Waals surface area contributed by atoms with Gasteiger partial charge in [-0.3, -0.25) is 9.89 Å². The van der Waals surface area contributed by atoms with E-state index in [-0.39, 0.29) is 18.3 Å². The molecule has 5 nitrogen and oxygen atoms in total. The number of halogens is 1. The van der Waals surface area contributed by atoms with Crippen LogP contribution in [0.3, 0.4) is 0 Å². The molecule has 0 bridgehead atoms. The van der Waals surface area contributed by atoms with E-state index in [9.17, 15) is 4.79 Å². The number of nitrogens with zero attached hydrogens (tertiary/aromatic N) is 2. The fraction of sp³-hybridized carbons (Fsp3) is 0.733. The number of hydrogen-bond acceptors (Lipinski definition) is 4. The Morgan fingerprint density at radius 2 is 2.18 bits per heavy atom. The highest BCUT2D eigenvalue weighted by molar-refractivity contribution is 8.00. The third-order valence-corrected chi connectivity index (χ3v) is 6.40. The highest BCUT2D eigenvalue weighted by Gasteiger charge is 2.38. The van der Waals surface area contributed by atoms with Crippen LogP contribution in [0.2, 0.25) is 0 Å². The van der Waals surface area contributed by atoms with Gasteiger partial charge in [-0.2, -0.15) is 16.9 Å². The van der Waals surface area contributed by atoms with Crippen LogP contribution in [-0.4, -0.2) is 51.1 Å². The molecule has 2 atom stereocenters. The topological polar surface area (TPSA) is 61.0 Å². The SMILES string of the molecule is Cl.O=C(c1n[nH]c2c1CNCC2)N1CCSC2CCCCC21. The number of amides is 1. The van der Waals surface area contributed by atoms with Crippen LogP contribution in [0.15, 0.2) is 0 Å². The van der Waals surface area contributed by atoms with E-state index in [1.165, 1.54) is 19.3 Å². The summed E-state index contributed by atoms with van der Waals surface area (Å²) < 4.78 is 0. The number of hydrogen-bond donors (Lipinski definition) is 2. The number of aromatic nitrogens is 2. The Labute approximate surface area is 141 Å². The largest absolute Gasteiger partial charge is 0.332 e. The van der Waals surface area contributed by atoms with Crippen LogP contribution in [0.25, 0.3) is 0 Å². The van der Waals surface area contributed by atoms with Gasteiger partial charge in [-0.25, -0.2) is 0 Å². The first kappa shape index (κ1) is 16.1. The second-order valence-corrected chi connectivity index (χ2v) is 7.56. The van der Waals surface area contributed by atoms with Crippen molar-refractivity contribution in [3.63, 3.8) is 0 Å². The number of carbonyl (C=O) groups excluding carboxylic acids is 1. The normalized spacial score (nSPS) is 27.5. The maximum Gasteiger partial charge on any atom is 0.275 e. The minimum Gasteiger partial charge on any atom is -0.332 e. The Kier molecular flexibility index (Phi) is 5.00. The molecule has 7 heteroatoms. The van der Waals surface area contributed by atoms with Gasteiger partial charge in [-0.1, -0.05) is 12.8 Å². The number of H-pyrrole nitrogens is 1. The van der Waals surface area contributed by atoms with Crippen LogP contribution in [0, 0.1) is 0 Å². The second kappa shape index (κ2) is 6.81. The first-order valence-electron chi connectivity index (χ1n) is 8.04. The Morgan fingerprint density at radius 3 is 3.09 bits per heavy atom. The van der Waals surface area contributed by atoms with Gasteiger partial charge in [0.25, 0.3) is 5.91 Å². The number of carbonyl (C=O) groups is 1. The van der Waals surface area contributed by atoms with E-state index in [1.54, 1.807) is 0 Å². The summed E-state index contributed by atoms with van der Waals surface area (Å²) >= 11 is 2.06. The third kappa shape index (κ3) is 2.76. The van der Waals surface area contributed by atoms with Gasteiger partial charge >= 0.3 is 0 Å². The Balaban J connectivity index is 0.00000144. The van der Waals surface area contributed by atoms with Crippen molar-refractivity contribution in [3.8, 4) is 0 Å². The lowest BCUT2D eigenvalue weighted by atomic mass is 9.92. The number of fused-ring (bicyclic) bond motifs is 2. The molecule has 0 aromatic carbocycles. The number of aromatic amines is 1. The molecule has 1 amide bonds. The smallest absolute Gasteiger partial charge is 0.275 e. The van der Waals surface area contributed by atoms with Gasteiger partial charge < -0.3 is 10.2 Å². The lowest BCUT2D eigenvalue weighted by Gasteiger charge is -2.43. The molecule has 0 radical (unpaired) electrons. The molecule has 1 saturated heterocycles. The molecule has 1 aromatic heterocycles. The van der Waals surface area contributed by atoms with Crippen molar-refractivity contribution < 1.29 is 4.79 Å². The van der Waals surface area contributed by atoms with E-state index >= 15 is 0 Å². The van der Waals surface area contributed by atoms with Crippen molar-refractivity contribution in [2.75, 3.05) is 18.8 Å². The predicted molar refractivity (Wildman–Crippen MR) is 90.8 cm³/mol. The van der Waals surface area contributed by atoms with Crippen molar-refractivity contribution >= 4 is 30.1 Å². The van der Waals surface area contributed by atoms with Gasteiger partial charge in [0.1, 0.15) is 0 Å². The first-order chi connectivity index (χ1) is 10.3. The van der Waals surface area contributed by atoms with Crippen molar-refractivity contribution in [1.29, 1.82) is 0 Å². The quantitative estimate of drug-likeness (QED) is 0.819. The predicted octanol–water partition coefficient (Wildman–Crippen LogP) is 1.98. The lowest BCUT2D eigenvalue weighted by Crippen LogP contribution is -2.52. The molecule has 1 saturated carbocycles. The van der Waals surface area contributed by atoms with Gasteiger partial charge in [0.15, 0.2) is 5.69 Å². The Morgan fingerprint density at radius 1 is 1.32 bits per heavy atom. The van der Waals surface area contributed by atoms with Crippen molar-refractivity contribution in [1.82, 2.24) is 20.4 Å². The van der Waals surface area contributed by atoms with Crippen molar-refractivity contribution in [3.05, 3.63) is 17.0 Å².